The smallest absolute Gasteiger partial charge is 0.164 e. The summed E-state index contributed by atoms with van der Waals surface area (Å²) in [4.78, 5) is 15.4. The standard InChI is InChI=1S/C47H27N3O2/c1-2-11-28(12-3-1)45-48-46(31-14-8-13-29(25-31)32-17-10-22-42-44(32)37-16-5-7-21-41(37)51-42)50-47(49-45)36-19-9-18-33-34(36)24-23-30-26-43-39(27-38(30)33)35-15-4-6-20-40(35)52-43/h1-27H. The summed E-state index contributed by atoms with van der Waals surface area (Å²) >= 11 is 0. The zero-order valence-electron chi connectivity index (χ0n) is 27.7. The van der Waals surface area contributed by atoms with Gasteiger partial charge in [0.15, 0.2) is 17.5 Å². The highest BCUT2D eigenvalue weighted by atomic mass is 16.3. The zero-order valence-corrected chi connectivity index (χ0v) is 27.7. The highest BCUT2D eigenvalue weighted by Crippen LogP contribution is 2.40. The molecule has 3 aromatic heterocycles. The molecule has 0 radical (unpaired) electrons. The summed E-state index contributed by atoms with van der Waals surface area (Å²) in [5.41, 5.74) is 8.46. The minimum atomic E-state index is 0.610. The van der Waals surface area contributed by atoms with E-state index in [1.54, 1.807) is 0 Å². The molecule has 0 aliphatic rings. The van der Waals surface area contributed by atoms with Gasteiger partial charge in [0.1, 0.15) is 22.3 Å². The topological polar surface area (TPSA) is 65.0 Å². The Morgan fingerprint density at radius 3 is 1.81 bits per heavy atom. The highest BCUT2D eigenvalue weighted by Gasteiger charge is 2.18. The first-order valence-corrected chi connectivity index (χ1v) is 17.3. The number of rotatable bonds is 4. The highest BCUT2D eigenvalue weighted by molar-refractivity contribution is 6.18. The third kappa shape index (κ3) is 4.46. The summed E-state index contributed by atoms with van der Waals surface area (Å²) in [5.74, 6) is 1.86. The third-order valence-electron chi connectivity index (χ3n) is 10.1. The Hall–Kier alpha value is -7.11. The molecular weight excluding hydrogens is 639 g/mol. The maximum atomic E-state index is 6.22. The van der Waals surface area contributed by atoms with E-state index in [0.717, 1.165) is 93.2 Å². The molecule has 11 aromatic rings. The van der Waals surface area contributed by atoms with E-state index in [4.69, 9.17) is 23.8 Å². The second-order valence-electron chi connectivity index (χ2n) is 13.2. The van der Waals surface area contributed by atoms with Gasteiger partial charge in [0.2, 0.25) is 0 Å². The van der Waals surface area contributed by atoms with Crippen LogP contribution in [0.25, 0.3) is 111 Å². The molecular formula is C47H27N3O2. The average Bonchev–Trinajstić information content (AvgIpc) is 3.78. The van der Waals surface area contributed by atoms with Gasteiger partial charge >= 0.3 is 0 Å². The lowest BCUT2D eigenvalue weighted by molar-refractivity contribution is 0.669. The van der Waals surface area contributed by atoms with E-state index in [2.05, 4.69) is 97.1 Å². The van der Waals surface area contributed by atoms with E-state index in [9.17, 15) is 0 Å². The van der Waals surface area contributed by atoms with E-state index >= 15 is 0 Å². The Kier molecular flexibility index (Phi) is 6.18. The zero-order chi connectivity index (χ0) is 34.2. The fourth-order valence-electron chi connectivity index (χ4n) is 7.69. The fraction of sp³-hybridized carbons (Fsp3) is 0. The normalized spacial score (nSPS) is 11.8. The van der Waals surface area contributed by atoms with Crippen LogP contribution in [-0.2, 0) is 0 Å². The molecule has 0 N–H and O–H groups in total. The molecule has 0 aliphatic carbocycles. The molecule has 5 nitrogen and oxygen atoms in total. The summed E-state index contributed by atoms with van der Waals surface area (Å²) in [7, 11) is 0. The Balaban J connectivity index is 1.11. The molecule has 8 aromatic carbocycles. The SMILES string of the molecule is c1ccc(-c2nc(-c3cccc(-c4cccc5oc6ccccc6c45)c3)nc(-c3cccc4c3ccc3cc5oc6ccccc6c5cc34)n2)cc1. The third-order valence-corrected chi connectivity index (χ3v) is 10.1. The summed E-state index contributed by atoms with van der Waals surface area (Å²) in [6.45, 7) is 0. The van der Waals surface area contributed by atoms with Crippen molar-refractivity contribution in [2.45, 2.75) is 0 Å². The van der Waals surface area contributed by atoms with Gasteiger partial charge in [-0.05, 0) is 69.1 Å². The van der Waals surface area contributed by atoms with Gasteiger partial charge in [-0.2, -0.15) is 0 Å². The van der Waals surface area contributed by atoms with Gasteiger partial charge in [0, 0.05) is 38.2 Å². The number of nitrogens with zero attached hydrogens (tertiary/aromatic N) is 3. The van der Waals surface area contributed by atoms with E-state index in [-0.39, 0.29) is 0 Å². The summed E-state index contributed by atoms with van der Waals surface area (Å²) in [6, 6.07) is 56.3. The van der Waals surface area contributed by atoms with Crippen molar-refractivity contribution in [3.63, 3.8) is 0 Å². The number of para-hydroxylation sites is 2. The van der Waals surface area contributed by atoms with Crippen LogP contribution in [0.2, 0.25) is 0 Å². The average molecular weight is 666 g/mol. The predicted molar refractivity (Wildman–Crippen MR) is 211 cm³/mol. The predicted octanol–water partition coefficient (Wildman–Crippen LogP) is 12.6. The first-order chi connectivity index (χ1) is 25.7. The molecule has 3 heterocycles. The summed E-state index contributed by atoms with van der Waals surface area (Å²) in [5, 5.41) is 8.89. The van der Waals surface area contributed by atoms with Gasteiger partial charge in [-0.3, -0.25) is 0 Å². The number of hydrogen-bond donors (Lipinski definition) is 0. The van der Waals surface area contributed by atoms with Crippen LogP contribution in [0.4, 0.5) is 0 Å². The summed E-state index contributed by atoms with van der Waals surface area (Å²) in [6.07, 6.45) is 0. The van der Waals surface area contributed by atoms with Gasteiger partial charge in [-0.1, -0.05) is 127 Å². The van der Waals surface area contributed by atoms with Crippen molar-refractivity contribution in [2.75, 3.05) is 0 Å². The van der Waals surface area contributed by atoms with Crippen LogP contribution < -0.4 is 0 Å². The minimum Gasteiger partial charge on any atom is -0.456 e. The quantitative estimate of drug-likeness (QED) is 0.175. The van der Waals surface area contributed by atoms with Crippen LogP contribution in [0.3, 0.4) is 0 Å². The monoisotopic (exact) mass is 665 g/mol. The second kappa shape index (κ2) is 11.2. The van der Waals surface area contributed by atoms with Crippen molar-refractivity contribution in [2.24, 2.45) is 0 Å². The van der Waals surface area contributed by atoms with E-state index in [0.29, 0.717) is 17.5 Å². The molecule has 0 aliphatic heterocycles. The van der Waals surface area contributed by atoms with Crippen LogP contribution in [0, 0.1) is 0 Å². The number of furan rings is 2. The molecule has 0 spiro atoms. The van der Waals surface area contributed by atoms with Gasteiger partial charge in [-0.15, -0.1) is 0 Å². The van der Waals surface area contributed by atoms with Crippen molar-refractivity contribution in [3.8, 4) is 45.3 Å². The molecule has 0 amide bonds. The molecule has 0 unspecified atom stereocenters. The molecule has 0 fully saturated rings. The van der Waals surface area contributed by atoms with Crippen LogP contribution in [0.15, 0.2) is 173 Å². The van der Waals surface area contributed by atoms with E-state index in [1.807, 2.05) is 66.7 Å². The lowest BCUT2D eigenvalue weighted by atomic mass is 9.96. The largest absolute Gasteiger partial charge is 0.456 e. The molecule has 0 saturated carbocycles. The van der Waals surface area contributed by atoms with Crippen molar-refractivity contribution < 1.29 is 8.83 Å². The Labute approximate surface area is 297 Å². The minimum absolute atomic E-state index is 0.610. The summed E-state index contributed by atoms with van der Waals surface area (Å²) < 4.78 is 12.4. The maximum Gasteiger partial charge on any atom is 0.164 e. The fourth-order valence-corrected chi connectivity index (χ4v) is 7.69. The second-order valence-corrected chi connectivity index (χ2v) is 13.2. The maximum absolute atomic E-state index is 6.22. The first-order valence-electron chi connectivity index (χ1n) is 17.3. The van der Waals surface area contributed by atoms with Gasteiger partial charge in [-0.25, -0.2) is 15.0 Å². The molecule has 0 bridgehead atoms. The molecule has 5 heteroatoms. The van der Waals surface area contributed by atoms with Crippen molar-refractivity contribution in [3.05, 3.63) is 164 Å². The number of aromatic nitrogens is 3. The van der Waals surface area contributed by atoms with Gasteiger partial charge < -0.3 is 8.83 Å². The van der Waals surface area contributed by atoms with Crippen molar-refractivity contribution in [1.82, 2.24) is 15.0 Å². The molecule has 52 heavy (non-hydrogen) atoms. The van der Waals surface area contributed by atoms with Crippen LogP contribution >= 0.6 is 0 Å². The lowest BCUT2D eigenvalue weighted by Crippen LogP contribution is -2.00. The Morgan fingerprint density at radius 2 is 0.923 bits per heavy atom. The van der Waals surface area contributed by atoms with Crippen LogP contribution in [0.1, 0.15) is 0 Å². The number of fused-ring (bicyclic) bond motifs is 9. The van der Waals surface area contributed by atoms with Crippen LogP contribution in [-0.4, -0.2) is 15.0 Å². The molecule has 0 atom stereocenters. The first kappa shape index (κ1) is 28.7. The number of benzene rings is 8. The van der Waals surface area contributed by atoms with E-state index < -0.39 is 0 Å². The van der Waals surface area contributed by atoms with Gasteiger partial charge in [0.05, 0.1) is 0 Å². The van der Waals surface area contributed by atoms with E-state index in [1.165, 1.54) is 0 Å². The van der Waals surface area contributed by atoms with Gasteiger partial charge in [0.25, 0.3) is 0 Å². The molecule has 242 valence electrons. The Morgan fingerprint density at radius 1 is 0.308 bits per heavy atom. The lowest BCUT2D eigenvalue weighted by Gasteiger charge is -2.12. The van der Waals surface area contributed by atoms with Crippen molar-refractivity contribution >= 4 is 65.4 Å². The van der Waals surface area contributed by atoms with Crippen molar-refractivity contribution in [1.29, 1.82) is 0 Å². The van der Waals surface area contributed by atoms with Crippen LogP contribution in [0.5, 0.6) is 0 Å². The molecule has 11 rings (SSSR count). The molecule has 0 saturated heterocycles. The Bertz CT molecular complexity index is 3190. The number of hydrogen-bond acceptors (Lipinski definition) is 5.